The molecule has 18 heavy (non-hydrogen) atoms. The Balaban J connectivity index is 1.95. The van der Waals surface area contributed by atoms with Gasteiger partial charge in [0.05, 0.1) is 16.7 Å². The number of aromatic hydroxyl groups is 1. The van der Waals surface area contributed by atoms with Crippen LogP contribution >= 0.6 is 0 Å². The summed E-state index contributed by atoms with van der Waals surface area (Å²) in [5, 5.41) is 9.36. The Morgan fingerprint density at radius 1 is 1.06 bits per heavy atom. The van der Waals surface area contributed by atoms with Crippen LogP contribution in [0.3, 0.4) is 0 Å². The number of phenols is 1. The van der Waals surface area contributed by atoms with Gasteiger partial charge in [0.2, 0.25) is 0 Å². The normalized spacial score (nSPS) is 10.9. The van der Waals surface area contributed by atoms with E-state index in [1.165, 1.54) is 32.1 Å². The molecule has 0 aliphatic carbocycles. The third-order valence-corrected chi connectivity index (χ3v) is 3.11. The fourth-order valence-electron chi connectivity index (χ4n) is 2.07. The smallest absolute Gasteiger partial charge is 0.117 e. The van der Waals surface area contributed by atoms with Crippen LogP contribution in [0.1, 0.15) is 44.7 Å². The standard InChI is InChI=1S/C15H20N2O/c1-2-3-4-5-6-7-12-11-16-15-10-13(18)8-9-14(15)17-12/h8-11,18H,2-7H2,1H3. The number of hydrogen-bond donors (Lipinski definition) is 1. The summed E-state index contributed by atoms with van der Waals surface area (Å²) in [6, 6.07) is 5.12. The van der Waals surface area contributed by atoms with Gasteiger partial charge in [0.1, 0.15) is 5.75 Å². The van der Waals surface area contributed by atoms with Crippen LogP contribution in [0.15, 0.2) is 24.4 Å². The van der Waals surface area contributed by atoms with Crippen molar-refractivity contribution < 1.29 is 5.11 Å². The quantitative estimate of drug-likeness (QED) is 0.785. The topological polar surface area (TPSA) is 46.0 Å². The molecule has 1 aromatic heterocycles. The average Bonchev–Trinajstić information content (AvgIpc) is 2.38. The molecule has 96 valence electrons. The molecule has 0 amide bonds. The first-order chi connectivity index (χ1) is 8.79. The van der Waals surface area contributed by atoms with E-state index in [4.69, 9.17) is 0 Å². The molecular weight excluding hydrogens is 224 g/mol. The van der Waals surface area contributed by atoms with E-state index in [0.717, 1.165) is 23.1 Å². The third-order valence-electron chi connectivity index (χ3n) is 3.11. The van der Waals surface area contributed by atoms with Crippen LogP contribution in [-0.4, -0.2) is 15.1 Å². The van der Waals surface area contributed by atoms with Gasteiger partial charge in [-0.1, -0.05) is 32.6 Å². The molecule has 2 aromatic rings. The Morgan fingerprint density at radius 2 is 1.89 bits per heavy atom. The molecule has 0 aliphatic rings. The Morgan fingerprint density at radius 3 is 2.72 bits per heavy atom. The zero-order valence-electron chi connectivity index (χ0n) is 10.9. The lowest BCUT2D eigenvalue weighted by atomic mass is 10.1. The second-order valence-corrected chi connectivity index (χ2v) is 4.70. The highest BCUT2D eigenvalue weighted by Crippen LogP contribution is 2.17. The Hall–Kier alpha value is -1.64. The maximum Gasteiger partial charge on any atom is 0.117 e. The van der Waals surface area contributed by atoms with Gasteiger partial charge >= 0.3 is 0 Å². The molecule has 0 saturated heterocycles. The van der Waals surface area contributed by atoms with Crippen LogP contribution in [0.5, 0.6) is 5.75 Å². The molecule has 0 atom stereocenters. The van der Waals surface area contributed by atoms with Gasteiger partial charge in [0, 0.05) is 12.3 Å². The third kappa shape index (κ3) is 3.42. The first-order valence-electron chi connectivity index (χ1n) is 6.74. The van der Waals surface area contributed by atoms with Crippen molar-refractivity contribution in [3.8, 4) is 5.75 Å². The number of aryl methyl sites for hydroxylation is 1. The van der Waals surface area contributed by atoms with E-state index in [9.17, 15) is 5.11 Å². The summed E-state index contributed by atoms with van der Waals surface area (Å²) >= 11 is 0. The lowest BCUT2D eigenvalue weighted by Crippen LogP contribution is -1.93. The van der Waals surface area contributed by atoms with E-state index in [-0.39, 0.29) is 5.75 Å². The number of benzene rings is 1. The largest absolute Gasteiger partial charge is 0.508 e. The molecule has 0 aliphatic heterocycles. The van der Waals surface area contributed by atoms with Crippen LogP contribution in [0.4, 0.5) is 0 Å². The molecule has 1 heterocycles. The van der Waals surface area contributed by atoms with Gasteiger partial charge in [-0.3, -0.25) is 4.98 Å². The molecule has 1 N–H and O–H groups in total. The molecule has 0 saturated carbocycles. The van der Waals surface area contributed by atoms with E-state index < -0.39 is 0 Å². The summed E-state index contributed by atoms with van der Waals surface area (Å²) in [5.74, 6) is 0.240. The number of nitrogens with zero attached hydrogens (tertiary/aromatic N) is 2. The van der Waals surface area contributed by atoms with Crippen molar-refractivity contribution in [1.29, 1.82) is 0 Å². The number of phenolic OH excluding ortho intramolecular Hbond substituents is 1. The zero-order chi connectivity index (χ0) is 12.8. The SMILES string of the molecule is CCCCCCCc1cnc2cc(O)ccc2n1. The molecule has 0 fully saturated rings. The van der Waals surface area contributed by atoms with Gasteiger partial charge in [0.25, 0.3) is 0 Å². The van der Waals surface area contributed by atoms with E-state index in [1.807, 2.05) is 12.3 Å². The van der Waals surface area contributed by atoms with Crippen LogP contribution in [0.2, 0.25) is 0 Å². The number of fused-ring (bicyclic) bond motifs is 1. The number of unbranched alkanes of at least 4 members (excludes halogenated alkanes) is 4. The monoisotopic (exact) mass is 244 g/mol. The highest BCUT2D eigenvalue weighted by atomic mass is 16.3. The van der Waals surface area contributed by atoms with Crippen LogP contribution < -0.4 is 0 Å². The highest BCUT2D eigenvalue weighted by Gasteiger charge is 2.01. The molecule has 3 nitrogen and oxygen atoms in total. The van der Waals surface area contributed by atoms with Crippen molar-refractivity contribution in [3.05, 3.63) is 30.1 Å². The first kappa shape index (κ1) is 12.8. The second kappa shape index (κ2) is 6.34. The molecule has 0 radical (unpaired) electrons. The van der Waals surface area contributed by atoms with Crippen molar-refractivity contribution in [2.75, 3.05) is 0 Å². The summed E-state index contributed by atoms with van der Waals surface area (Å²) in [6.45, 7) is 2.23. The van der Waals surface area contributed by atoms with E-state index >= 15 is 0 Å². The molecular formula is C15H20N2O. The fourth-order valence-corrected chi connectivity index (χ4v) is 2.07. The summed E-state index contributed by atoms with van der Waals surface area (Å²) in [7, 11) is 0. The van der Waals surface area contributed by atoms with Crippen molar-refractivity contribution in [3.63, 3.8) is 0 Å². The van der Waals surface area contributed by atoms with Gasteiger partial charge in [-0.15, -0.1) is 0 Å². The molecule has 2 rings (SSSR count). The second-order valence-electron chi connectivity index (χ2n) is 4.70. The predicted molar refractivity (Wildman–Crippen MR) is 73.7 cm³/mol. The Labute approximate surface area is 108 Å². The summed E-state index contributed by atoms with van der Waals surface area (Å²) < 4.78 is 0. The van der Waals surface area contributed by atoms with Gasteiger partial charge in [-0.05, 0) is 25.0 Å². The van der Waals surface area contributed by atoms with Gasteiger partial charge in [0.15, 0.2) is 0 Å². The van der Waals surface area contributed by atoms with Crippen LogP contribution in [0.25, 0.3) is 11.0 Å². The lowest BCUT2D eigenvalue weighted by molar-refractivity contribution is 0.476. The van der Waals surface area contributed by atoms with E-state index in [1.54, 1.807) is 12.1 Å². The summed E-state index contributed by atoms with van der Waals surface area (Å²) in [4.78, 5) is 8.90. The predicted octanol–water partition coefficient (Wildman–Crippen LogP) is 3.85. The minimum atomic E-state index is 0.240. The number of aromatic nitrogens is 2. The maximum absolute atomic E-state index is 9.36. The number of rotatable bonds is 6. The molecule has 0 bridgehead atoms. The van der Waals surface area contributed by atoms with E-state index in [0.29, 0.717) is 0 Å². The molecule has 0 unspecified atom stereocenters. The fraction of sp³-hybridized carbons (Fsp3) is 0.467. The maximum atomic E-state index is 9.36. The van der Waals surface area contributed by atoms with Gasteiger partial charge in [-0.2, -0.15) is 0 Å². The summed E-state index contributed by atoms with van der Waals surface area (Å²) in [6.07, 6.45) is 9.17. The molecule has 3 heteroatoms. The molecule has 1 aromatic carbocycles. The minimum absolute atomic E-state index is 0.240. The Kier molecular flexibility index (Phi) is 4.51. The summed E-state index contributed by atoms with van der Waals surface area (Å²) in [5.41, 5.74) is 2.66. The van der Waals surface area contributed by atoms with E-state index in [2.05, 4.69) is 16.9 Å². The molecule has 0 spiro atoms. The Bertz CT molecular complexity index is 511. The van der Waals surface area contributed by atoms with Gasteiger partial charge in [-0.25, -0.2) is 4.98 Å². The minimum Gasteiger partial charge on any atom is -0.508 e. The van der Waals surface area contributed by atoms with Crippen molar-refractivity contribution in [2.45, 2.75) is 45.4 Å². The van der Waals surface area contributed by atoms with Crippen LogP contribution in [-0.2, 0) is 6.42 Å². The lowest BCUT2D eigenvalue weighted by Gasteiger charge is -2.03. The van der Waals surface area contributed by atoms with Crippen molar-refractivity contribution in [2.24, 2.45) is 0 Å². The van der Waals surface area contributed by atoms with Gasteiger partial charge < -0.3 is 5.11 Å². The van der Waals surface area contributed by atoms with Crippen molar-refractivity contribution in [1.82, 2.24) is 9.97 Å². The highest BCUT2D eigenvalue weighted by molar-refractivity contribution is 5.75. The first-order valence-corrected chi connectivity index (χ1v) is 6.74. The van der Waals surface area contributed by atoms with Crippen LogP contribution in [0, 0.1) is 0 Å². The average molecular weight is 244 g/mol. The zero-order valence-corrected chi connectivity index (χ0v) is 10.9. The number of hydrogen-bond acceptors (Lipinski definition) is 3. The van der Waals surface area contributed by atoms with Crippen molar-refractivity contribution >= 4 is 11.0 Å².